The maximum atomic E-state index is 13.2. The van der Waals surface area contributed by atoms with E-state index in [9.17, 15) is 4.39 Å². The number of likely N-dealkylation sites (tertiary alicyclic amines) is 1. The van der Waals surface area contributed by atoms with Crippen LogP contribution in [-0.4, -0.2) is 56.2 Å². The van der Waals surface area contributed by atoms with E-state index in [1.807, 2.05) is 13.8 Å². The summed E-state index contributed by atoms with van der Waals surface area (Å²) in [6, 6.07) is 6.75. The molecule has 1 fully saturated rings. The van der Waals surface area contributed by atoms with Gasteiger partial charge in [0.15, 0.2) is 5.96 Å². The second-order valence-corrected chi connectivity index (χ2v) is 6.26. The normalized spacial score (nSPS) is 20.0. The third kappa shape index (κ3) is 6.00. The second kappa shape index (κ2) is 9.47. The van der Waals surface area contributed by atoms with E-state index in [1.54, 1.807) is 12.1 Å². The first kappa shape index (κ1) is 18.5. The molecule has 2 N–H and O–H groups in total. The van der Waals surface area contributed by atoms with Crippen molar-refractivity contribution in [2.75, 3.05) is 33.2 Å². The first-order chi connectivity index (χ1) is 11.6. The standard InChI is InChI=1S/C18H29FN4O/c1-4-20-18(22-13-16-8-6-10-23(16)3)21-12-14(2)24-17-9-5-7-15(19)11-17/h5,7,9,11,14,16H,4,6,8,10,12-13H2,1-3H3,(H2,20,21,22). The summed E-state index contributed by atoms with van der Waals surface area (Å²) >= 11 is 0. The van der Waals surface area contributed by atoms with Crippen LogP contribution in [0.5, 0.6) is 5.75 Å². The van der Waals surface area contributed by atoms with Crippen LogP contribution in [0.15, 0.2) is 29.3 Å². The molecule has 0 saturated carbocycles. The molecule has 2 rings (SSSR count). The third-order valence-electron chi connectivity index (χ3n) is 4.16. The molecule has 5 nitrogen and oxygen atoms in total. The van der Waals surface area contributed by atoms with E-state index in [-0.39, 0.29) is 11.9 Å². The quantitative estimate of drug-likeness (QED) is 0.592. The Balaban J connectivity index is 1.82. The number of nitrogens with zero attached hydrogens (tertiary/aromatic N) is 2. The first-order valence-electron chi connectivity index (χ1n) is 8.73. The molecule has 1 aromatic rings. The van der Waals surface area contributed by atoms with Gasteiger partial charge in [0.1, 0.15) is 17.7 Å². The van der Waals surface area contributed by atoms with E-state index in [0.29, 0.717) is 18.3 Å². The number of benzene rings is 1. The van der Waals surface area contributed by atoms with Gasteiger partial charge in [-0.3, -0.25) is 0 Å². The van der Waals surface area contributed by atoms with Crippen LogP contribution in [0.4, 0.5) is 4.39 Å². The summed E-state index contributed by atoms with van der Waals surface area (Å²) in [6.45, 7) is 7.35. The lowest BCUT2D eigenvalue weighted by atomic mass is 10.2. The van der Waals surface area contributed by atoms with Crippen molar-refractivity contribution in [1.29, 1.82) is 0 Å². The molecule has 6 heteroatoms. The predicted molar refractivity (Wildman–Crippen MR) is 96.1 cm³/mol. The molecule has 0 spiro atoms. The Hall–Kier alpha value is -1.82. The fourth-order valence-corrected chi connectivity index (χ4v) is 2.82. The number of ether oxygens (including phenoxy) is 1. The van der Waals surface area contributed by atoms with Crippen LogP contribution in [0, 0.1) is 5.82 Å². The Bertz CT molecular complexity index is 538. The maximum Gasteiger partial charge on any atom is 0.191 e. The molecule has 24 heavy (non-hydrogen) atoms. The van der Waals surface area contributed by atoms with Crippen LogP contribution in [0.25, 0.3) is 0 Å². The van der Waals surface area contributed by atoms with Crippen molar-refractivity contribution in [3.63, 3.8) is 0 Å². The smallest absolute Gasteiger partial charge is 0.191 e. The van der Waals surface area contributed by atoms with Crippen molar-refractivity contribution >= 4 is 5.96 Å². The Morgan fingerprint density at radius 1 is 1.46 bits per heavy atom. The molecule has 0 radical (unpaired) electrons. The predicted octanol–water partition coefficient (Wildman–Crippen LogP) is 2.24. The third-order valence-corrected chi connectivity index (χ3v) is 4.16. The number of aliphatic imine (C=N–C) groups is 1. The SMILES string of the molecule is CCNC(=NCC(C)Oc1cccc(F)c1)NCC1CCCN1C. The van der Waals surface area contributed by atoms with Gasteiger partial charge in [0, 0.05) is 25.2 Å². The highest BCUT2D eigenvalue weighted by Gasteiger charge is 2.20. The number of nitrogens with one attached hydrogen (secondary N) is 2. The summed E-state index contributed by atoms with van der Waals surface area (Å²) in [6.07, 6.45) is 2.35. The van der Waals surface area contributed by atoms with E-state index in [1.165, 1.54) is 31.5 Å². The van der Waals surface area contributed by atoms with Crippen molar-refractivity contribution in [1.82, 2.24) is 15.5 Å². The summed E-state index contributed by atoms with van der Waals surface area (Å²) in [5, 5.41) is 6.66. The molecule has 0 bridgehead atoms. The zero-order chi connectivity index (χ0) is 17.4. The fourth-order valence-electron chi connectivity index (χ4n) is 2.82. The number of halogens is 1. The lowest BCUT2D eigenvalue weighted by Gasteiger charge is -2.21. The fraction of sp³-hybridized carbons (Fsp3) is 0.611. The topological polar surface area (TPSA) is 48.9 Å². The minimum atomic E-state index is -0.293. The lowest BCUT2D eigenvalue weighted by Crippen LogP contribution is -2.44. The summed E-state index contributed by atoms with van der Waals surface area (Å²) in [5.74, 6) is 1.04. The highest BCUT2D eigenvalue weighted by Crippen LogP contribution is 2.14. The van der Waals surface area contributed by atoms with Gasteiger partial charge in [0.2, 0.25) is 0 Å². The van der Waals surface area contributed by atoms with Crippen molar-refractivity contribution in [2.45, 2.75) is 38.8 Å². The summed E-state index contributed by atoms with van der Waals surface area (Å²) < 4.78 is 18.9. The summed E-state index contributed by atoms with van der Waals surface area (Å²) in [4.78, 5) is 6.96. The van der Waals surface area contributed by atoms with Gasteiger partial charge >= 0.3 is 0 Å². The van der Waals surface area contributed by atoms with Gasteiger partial charge in [-0.2, -0.15) is 0 Å². The molecule has 1 aromatic carbocycles. The molecule has 2 atom stereocenters. The van der Waals surface area contributed by atoms with Gasteiger partial charge in [0.25, 0.3) is 0 Å². The number of likely N-dealkylation sites (N-methyl/N-ethyl adjacent to an activating group) is 1. The van der Waals surface area contributed by atoms with Gasteiger partial charge < -0.3 is 20.3 Å². The average molecular weight is 336 g/mol. The van der Waals surface area contributed by atoms with Crippen molar-refractivity contribution < 1.29 is 9.13 Å². The van der Waals surface area contributed by atoms with Gasteiger partial charge in [-0.05, 0) is 52.4 Å². The van der Waals surface area contributed by atoms with Crippen molar-refractivity contribution in [3.8, 4) is 5.75 Å². The number of guanidine groups is 1. The highest BCUT2D eigenvalue weighted by molar-refractivity contribution is 5.79. The highest BCUT2D eigenvalue weighted by atomic mass is 19.1. The molecule has 0 aliphatic carbocycles. The van der Waals surface area contributed by atoms with Crippen LogP contribution in [0.1, 0.15) is 26.7 Å². The number of rotatable bonds is 7. The van der Waals surface area contributed by atoms with E-state index in [0.717, 1.165) is 19.0 Å². The Morgan fingerprint density at radius 2 is 2.29 bits per heavy atom. The van der Waals surface area contributed by atoms with Crippen LogP contribution in [0.3, 0.4) is 0 Å². The van der Waals surface area contributed by atoms with E-state index >= 15 is 0 Å². The molecule has 1 heterocycles. The zero-order valence-corrected chi connectivity index (χ0v) is 14.9. The van der Waals surface area contributed by atoms with E-state index in [4.69, 9.17) is 4.74 Å². The van der Waals surface area contributed by atoms with E-state index in [2.05, 4.69) is 27.6 Å². The van der Waals surface area contributed by atoms with E-state index < -0.39 is 0 Å². The molecule has 0 aromatic heterocycles. The summed E-state index contributed by atoms with van der Waals surface area (Å²) in [7, 11) is 2.16. The van der Waals surface area contributed by atoms with Crippen LogP contribution in [0.2, 0.25) is 0 Å². The minimum Gasteiger partial charge on any atom is -0.489 e. The molecule has 1 aliphatic rings. The molecule has 1 aliphatic heterocycles. The molecule has 134 valence electrons. The number of hydrogen-bond acceptors (Lipinski definition) is 3. The Labute approximate surface area is 144 Å². The zero-order valence-electron chi connectivity index (χ0n) is 14.9. The van der Waals surface area contributed by atoms with Gasteiger partial charge in [0.05, 0.1) is 6.54 Å². The molecular weight excluding hydrogens is 307 g/mol. The Kier molecular flexibility index (Phi) is 7.31. The van der Waals surface area contributed by atoms with Gasteiger partial charge in [-0.15, -0.1) is 0 Å². The van der Waals surface area contributed by atoms with Gasteiger partial charge in [-0.1, -0.05) is 6.07 Å². The van der Waals surface area contributed by atoms with Crippen LogP contribution in [-0.2, 0) is 0 Å². The largest absolute Gasteiger partial charge is 0.489 e. The van der Waals surface area contributed by atoms with Crippen LogP contribution < -0.4 is 15.4 Å². The average Bonchev–Trinajstić information content (AvgIpc) is 2.95. The molecule has 0 amide bonds. The van der Waals surface area contributed by atoms with Crippen LogP contribution >= 0.6 is 0 Å². The minimum absolute atomic E-state index is 0.128. The molecule has 1 saturated heterocycles. The first-order valence-corrected chi connectivity index (χ1v) is 8.73. The van der Waals surface area contributed by atoms with Gasteiger partial charge in [-0.25, -0.2) is 9.38 Å². The number of hydrogen-bond donors (Lipinski definition) is 2. The molecular formula is C18H29FN4O. The lowest BCUT2D eigenvalue weighted by molar-refractivity contribution is 0.229. The maximum absolute atomic E-state index is 13.2. The molecule has 2 unspecified atom stereocenters. The summed E-state index contributed by atoms with van der Waals surface area (Å²) in [5.41, 5.74) is 0. The van der Waals surface area contributed by atoms with Crippen molar-refractivity contribution in [2.24, 2.45) is 4.99 Å². The van der Waals surface area contributed by atoms with Crippen molar-refractivity contribution in [3.05, 3.63) is 30.1 Å². The Morgan fingerprint density at radius 3 is 2.96 bits per heavy atom. The monoisotopic (exact) mass is 336 g/mol. The second-order valence-electron chi connectivity index (χ2n) is 6.26.